The molecule has 0 radical (unpaired) electrons. The quantitative estimate of drug-likeness (QED) is 0.597. The number of nitriles is 1. The normalized spacial score (nSPS) is 16.1. The smallest absolute Gasteiger partial charge is 0.215 e. The van der Waals surface area contributed by atoms with Gasteiger partial charge >= 0.3 is 0 Å². The first-order chi connectivity index (χ1) is 14.6. The molecule has 3 aromatic rings. The Morgan fingerprint density at radius 2 is 2.03 bits per heavy atom. The number of rotatable bonds is 7. The van der Waals surface area contributed by atoms with Crippen molar-refractivity contribution in [3.05, 3.63) is 59.4 Å². The maximum absolute atomic E-state index is 12.7. The second kappa shape index (κ2) is 8.59. The van der Waals surface area contributed by atoms with Crippen molar-refractivity contribution in [1.29, 1.82) is 5.26 Å². The topological polar surface area (TPSA) is 143 Å². The van der Waals surface area contributed by atoms with Crippen molar-refractivity contribution in [2.45, 2.75) is 18.6 Å². The Labute approximate surface area is 171 Å². The van der Waals surface area contributed by atoms with Crippen LogP contribution in [0.2, 0.25) is 0 Å². The molecule has 0 fully saturated rings. The lowest BCUT2D eigenvalue weighted by molar-refractivity contribution is 0.0606. The third-order valence-electron chi connectivity index (χ3n) is 4.41. The fourth-order valence-corrected chi connectivity index (χ4v) is 2.97. The number of aliphatic hydroxyl groups is 1. The third-order valence-corrected chi connectivity index (χ3v) is 4.41. The lowest BCUT2D eigenvalue weighted by Crippen LogP contribution is -2.26. The molecule has 2 N–H and O–H groups in total. The zero-order chi connectivity index (χ0) is 20.9. The van der Waals surface area contributed by atoms with Crippen LogP contribution in [0.5, 0.6) is 17.2 Å². The average molecular weight is 407 g/mol. The van der Waals surface area contributed by atoms with E-state index in [1.807, 2.05) is 6.07 Å². The number of ketones is 1. The summed E-state index contributed by atoms with van der Waals surface area (Å²) in [5, 5.41) is 32.5. The zero-order valence-corrected chi connectivity index (χ0v) is 15.7. The standard InChI is InChI=1S/C20H17N5O5/c21-9-12-4-6-14(7-5-12)28-10-13(26)11-29-16-2-1-3-17-19(16)15(27)8-18(30-17)20-22-24-25-23-20/h1-7,13,18,26H,8,10-11H2,(H,22,23,24,25)/t13-,18-/m0/s1. The van der Waals surface area contributed by atoms with E-state index in [0.29, 0.717) is 34.2 Å². The van der Waals surface area contributed by atoms with Crippen molar-refractivity contribution in [2.75, 3.05) is 13.2 Å². The molecule has 1 aromatic heterocycles. The first-order valence-electron chi connectivity index (χ1n) is 9.14. The molecule has 0 saturated heterocycles. The monoisotopic (exact) mass is 407 g/mol. The highest BCUT2D eigenvalue weighted by Gasteiger charge is 2.32. The van der Waals surface area contributed by atoms with Gasteiger partial charge in [0.25, 0.3) is 0 Å². The van der Waals surface area contributed by atoms with Crippen LogP contribution in [0, 0.1) is 11.3 Å². The summed E-state index contributed by atoms with van der Waals surface area (Å²) < 4.78 is 17.0. The van der Waals surface area contributed by atoms with Gasteiger partial charge in [0, 0.05) is 0 Å². The van der Waals surface area contributed by atoms with Gasteiger partial charge in [-0.1, -0.05) is 11.3 Å². The summed E-state index contributed by atoms with van der Waals surface area (Å²) in [5.74, 6) is 1.34. The molecule has 2 atom stereocenters. The van der Waals surface area contributed by atoms with Crippen molar-refractivity contribution >= 4 is 5.78 Å². The molecule has 0 spiro atoms. The highest BCUT2D eigenvalue weighted by molar-refractivity contribution is 6.02. The Kier molecular flexibility index (Phi) is 5.54. The number of ether oxygens (including phenoxy) is 3. The van der Waals surface area contributed by atoms with E-state index in [1.54, 1.807) is 42.5 Å². The number of carbonyl (C=O) groups is 1. The Morgan fingerprint density at radius 1 is 1.23 bits per heavy atom. The highest BCUT2D eigenvalue weighted by atomic mass is 16.5. The molecule has 0 unspecified atom stereocenters. The van der Waals surface area contributed by atoms with E-state index in [-0.39, 0.29) is 25.4 Å². The SMILES string of the molecule is N#Cc1ccc(OC[C@H](O)COc2cccc3c2C(=O)C[C@@H](c2nn[nH]n2)O3)cc1. The van der Waals surface area contributed by atoms with Crippen LogP contribution < -0.4 is 14.2 Å². The van der Waals surface area contributed by atoms with Gasteiger partial charge in [-0.2, -0.15) is 10.5 Å². The maximum atomic E-state index is 12.7. The van der Waals surface area contributed by atoms with Gasteiger partial charge in [0.2, 0.25) is 5.82 Å². The molecular formula is C20H17N5O5. The van der Waals surface area contributed by atoms with Gasteiger partial charge in [0.1, 0.15) is 42.1 Å². The lowest BCUT2D eigenvalue weighted by atomic mass is 9.99. The molecule has 0 saturated carbocycles. The lowest BCUT2D eigenvalue weighted by Gasteiger charge is -2.24. The van der Waals surface area contributed by atoms with Crippen molar-refractivity contribution < 1.29 is 24.1 Å². The Hall–Kier alpha value is -3.97. The van der Waals surface area contributed by atoms with Gasteiger partial charge in [-0.3, -0.25) is 4.79 Å². The number of Topliss-reactive ketones (excluding diaryl/α,β-unsaturated/α-hetero) is 1. The van der Waals surface area contributed by atoms with Crippen molar-refractivity contribution in [3.8, 4) is 23.3 Å². The number of H-pyrrole nitrogens is 1. The van der Waals surface area contributed by atoms with Gasteiger partial charge < -0.3 is 19.3 Å². The van der Waals surface area contributed by atoms with E-state index in [4.69, 9.17) is 19.5 Å². The molecular weight excluding hydrogens is 390 g/mol. The molecule has 2 aromatic carbocycles. The number of hydrogen-bond acceptors (Lipinski definition) is 9. The number of nitrogens with zero attached hydrogens (tertiary/aromatic N) is 4. The molecule has 10 heteroatoms. The number of hydrogen-bond donors (Lipinski definition) is 2. The molecule has 1 aliphatic rings. The van der Waals surface area contributed by atoms with E-state index in [1.165, 1.54) is 0 Å². The first-order valence-corrected chi connectivity index (χ1v) is 9.14. The van der Waals surface area contributed by atoms with Gasteiger partial charge in [-0.15, -0.1) is 10.2 Å². The third kappa shape index (κ3) is 4.21. The summed E-state index contributed by atoms with van der Waals surface area (Å²) in [7, 11) is 0. The van der Waals surface area contributed by atoms with Crippen LogP contribution in [0.15, 0.2) is 42.5 Å². The number of fused-ring (bicyclic) bond motifs is 1. The van der Waals surface area contributed by atoms with Crippen molar-refractivity contribution in [3.63, 3.8) is 0 Å². The van der Waals surface area contributed by atoms with Crippen LogP contribution in [-0.4, -0.2) is 50.8 Å². The number of aromatic nitrogens is 4. The fraction of sp³-hybridized carbons (Fsp3) is 0.250. The van der Waals surface area contributed by atoms with Crippen molar-refractivity contribution in [2.24, 2.45) is 0 Å². The molecule has 0 bridgehead atoms. The van der Waals surface area contributed by atoms with E-state index in [0.717, 1.165) is 0 Å². The maximum Gasteiger partial charge on any atom is 0.215 e. The minimum Gasteiger partial charge on any atom is -0.491 e. The van der Waals surface area contributed by atoms with Crippen LogP contribution in [-0.2, 0) is 0 Å². The van der Waals surface area contributed by atoms with Gasteiger partial charge in [-0.25, -0.2) is 0 Å². The summed E-state index contributed by atoms with van der Waals surface area (Å²) in [4.78, 5) is 12.7. The first kappa shape index (κ1) is 19.4. The molecule has 1 aliphatic heterocycles. The van der Waals surface area contributed by atoms with E-state index >= 15 is 0 Å². The van der Waals surface area contributed by atoms with E-state index < -0.39 is 12.2 Å². The molecule has 10 nitrogen and oxygen atoms in total. The summed E-state index contributed by atoms with van der Waals surface area (Å²) >= 11 is 0. The van der Waals surface area contributed by atoms with E-state index in [9.17, 15) is 9.90 Å². The predicted octanol–water partition coefficient (Wildman–Crippen LogP) is 1.60. The number of nitrogens with one attached hydrogen (secondary N) is 1. The van der Waals surface area contributed by atoms with Gasteiger partial charge in [0.15, 0.2) is 11.9 Å². The van der Waals surface area contributed by atoms with E-state index in [2.05, 4.69) is 20.6 Å². The predicted molar refractivity (Wildman–Crippen MR) is 101 cm³/mol. The van der Waals surface area contributed by atoms with Crippen LogP contribution >= 0.6 is 0 Å². The molecule has 2 heterocycles. The number of carbonyl (C=O) groups excluding carboxylic acids is 1. The van der Waals surface area contributed by atoms with Crippen LogP contribution in [0.1, 0.15) is 34.3 Å². The Balaban J connectivity index is 1.37. The number of aliphatic hydroxyl groups excluding tert-OH is 1. The number of benzene rings is 2. The van der Waals surface area contributed by atoms with Crippen LogP contribution in [0.3, 0.4) is 0 Å². The summed E-state index contributed by atoms with van der Waals surface area (Å²) in [6.45, 7) is -0.0838. The molecule has 152 valence electrons. The second-order valence-corrected chi connectivity index (χ2v) is 6.55. The van der Waals surface area contributed by atoms with Crippen LogP contribution in [0.25, 0.3) is 0 Å². The number of aromatic amines is 1. The minimum atomic E-state index is -0.928. The highest BCUT2D eigenvalue weighted by Crippen LogP contribution is 2.38. The molecule has 4 rings (SSSR count). The molecule has 0 aliphatic carbocycles. The van der Waals surface area contributed by atoms with Gasteiger partial charge in [0.05, 0.1) is 18.1 Å². The Bertz CT molecular complexity index is 1060. The van der Waals surface area contributed by atoms with Crippen molar-refractivity contribution in [1.82, 2.24) is 20.6 Å². The molecule has 0 amide bonds. The Morgan fingerprint density at radius 3 is 2.77 bits per heavy atom. The molecule has 30 heavy (non-hydrogen) atoms. The summed E-state index contributed by atoms with van der Waals surface area (Å²) in [6, 6.07) is 13.6. The largest absolute Gasteiger partial charge is 0.491 e. The number of tetrazole rings is 1. The minimum absolute atomic E-state index is 0.00866. The second-order valence-electron chi connectivity index (χ2n) is 6.55. The average Bonchev–Trinajstić information content (AvgIpc) is 3.31. The summed E-state index contributed by atoms with van der Waals surface area (Å²) in [5.41, 5.74) is 0.839. The zero-order valence-electron chi connectivity index (χ0n) is 15.7. The van der Waals surface area contributed by atoms with Crippen LogP contribution in [0.4, 0.5) is 0 Å². The fourth-order valence-electron chi connectivity index (χ4n) is 2.97. The van der Waals surface area contributed by atoms with Gasteiger partial charge in [-0.05, 0) is 36.4 Å². The summed E-state index contributed by atoms with van der Waals surface area (Å²) in [6.07, 6.45) is -1.49.